The van der Waals surface area contributed by atoms with Gasteiger partial charge in [-0.05, 0) is 43.2 Å². The number of anilines is 1. The average Bonchev–Trinajstić information content (AvgIpc) is 3.49. The summed E-state index contributed by atoms with van der Waals surface area (Å²) in [5.41, 5.74) is -3.39. The van der Waals surface area contributed by atoms with Gasteiger partial charge in [-0.3, -0.25) is 14.1 Å². The molecular formula is C23H17F4N3O5S. The Morgan fingerprint density at radius 2 is 1.86 bits per heavy atom. The summed E-state index contributed by atoms with van der Waals surface area (Å²) in [5, 5.41) is 3.79. The Kier molecular flexibility index (Phi) is 5.36. The molecule has 0 radical (unpaired) electrons. The van der Waals surface area contributed by atoms with Gasteiger partial charge in [0.25, 0.3) is 15.6 Å². The molecule has 188 valence electrons. The van der Waals surface area contributed by atoms with E-state index in [0.29, 0.717) is 0 Å². The van der Waals surface area contributed by atoms with Gasteiger partial charge in [-0.1, -0.05) is 5.16 Å². The van der Waals surface area contributed by atoms with E-state index in [2.05, 4.69) is 14.4 Å². The molecule has 1 aliphatic carbocycles. The topological polar surface area (TPSA) is 103 Å². The number of hydrogen-bond acceptors (Lipinski definition) is 6. The molecule has 2 aromatic heterocycles. The molecule has 0 atom stereocenters. The number of benzene rings is 2. The first-order valence-electron chi connectivity index (χ1n) is 10.5. The number of sulfonamides is 1. The van der Waals surface area contributed by atoms with Crippen LogP contribution in [0.4, 0.5) is 23.4 Å². The summed E-state index contributed by atoms with van der Waals surface area (Å²) in [4.78, 5) is 12.7. The Morgan fingerprint density at radius 1 is 1.11 bits per heavy atom. The monoisotopic (exact) mass is 523 g/mol. The fraction of sp³-hybridized carbons (Fsp3) is 0.217. The van der Waals surface area contributed by atoms with Crippen LogP contribution in [0.15, 0.2) is 69.0 Å². The first-order chi connectivity index (χ1) is 17.0. The Labute approximate surface area is 201 Å². The Hall–Kier alpha value is -3.87. The minimum atomic E-state index is -4.64. The van der Waals surface area contributed by atoms with Crippen molar-refractivity contribution in [2.75, 3.05) is 11.8 Å². The summed E-state index contributed by atoms with van der Waals surface area (Å²) in [5.74, 6) is -1.30. The van der Waals surface area contributed by atoms with Crippen molar-refractivity contribution in [3.63, 3.8) is 0 Å². The van der Waals surface area contributed by atoms with Crippen LogP contribution in [0.5, 0.6) is 5.75 Å². The Bertz CT molecular complexity index is 1640. The lowest BCUT2D eigenvalue weighted by Gasteiger charge is -2.22. The van der Waals surface area contributed by atoms with Crippen molar-refractivity contribution < 1.29 is 35.2 Å². The molecule has 1 aliphatic rings. The number of halogens is 4. The molecule has 8 nitrogen and oxygen atoms in total. The summed E-state index contributed by atoms with van der Waals surface area (Å²) in [6, 6.07) is 9.46. The molecule has 0 aliphatic heterocycles. The van der Waals surface area contributed by atoms with E-state index in [9.17, 15) is 26.4 Å². The van der Waals surface area contributed by atoms with Gasteiger partial charge < -0.3 is 9.26 Å². The molecule has 1 saturated carbocycles. The molecule has 1 N–H and O–H groups in total. The van der Waals surface area contributed by atoms with Crippen LogP contribution in [0.3, 0.4) is 0 Å². The van der Waals surface area contributed by atoms with Crippen molar-refractivity contribution in [3.05, 3.63) is 76.5 Å². The molecule has 4 aromatic rings. The van der Waals surface area contributed by atoms with E-state index < -0.39 is 38.6 Å². The van der Waals surface area contributed by atoms with Crippen LogP contribution in [0.25, 0.3) is 16.6 Å². The second-order valence-electron chi connectivity index (χ2n) is 8.30. The standard InChI is InChI=1S/C23H17F4N3O5S/c1-34-19-11-15(22(7-8-22)23(25,26)27)16(24)12-18(19)30-17-4-3-14(10-13(17)2-5-21(30)31)36(32,33)29-20-6-9-35-28-20/h2-6,9-12H,7-8H2,1H3,(H,28,29). The zero-order valence-electron chi connectivity index (χ0n) is 18.5. The second-order valence-corrected chi connectivity index (χ2v) is 9.98. The molecule has 13 heteroatoms. The van der Waals surface area contributed by atoms with Crippen LogP contribution >= 0.6 is 0 Å². The van der Waals surface area contributed by atoms with Gasteiger partial charge in [0.15, 0.2) is 5.82 Å². The number of alkyl halides is 3. The number of methoxy groups -OCH3 is 1. The molecule has 0 saturated heterocycles. The highest BCUT2D eigenvalue weighted by atomic mass is 32.2. The van der Waals surface area contributed by atoms with Gasteiger partial charge in [0.05, 0.1) is 28.6 Å². The van der Waals surface area contributed by atoms with Crippen molar-refractivity contribution in [2.45, 2.75) is 29.3 Å². The highest BCUT2D eigenvalue weighted by Crippen LogP contribution is 2.60. The smallest absolute Gasteiger partial charge is 0.398 e. The van der Waals surface area contributed by atoms with Gasteiger partial charge >= 0.3 is 6.18 Å². The number of fused-ring (bicyclic) bond motifs is 1. The molecule has 2 heterocycles. The maximum atomic E-state index is 15.1. The Balaban J connectivity index is 1.64. The highest BCUT2D eigenvalue weighted by molar-refractivity contribution is 7.92. The van der Waals surface area contributed by atoms with Crippen LogP contribution in [-0.4, -0.2) is 31.4 Å². The average molecular weight is 523 g/mol. The molecular weight excluding hydrogens is 506 g/mol. The quantitative estimate of drug-likeness (QED) is 0.373. The van der Waals surface area contributed by atoms with E-state index in [1.165, 1.54) is 43.7 Å². The zero-order valence-corrected chi connectivity index (χ0v) is 19.3. The summed E-state index contributed by atoms with van der Waals surface area (Å²) < 4.78 is 94.5. The van der Waals surface area contributed by atoms with Crippen LogP contribution < -0.4 is 15.0 Å². The van der Waals surface area contributed by atoms with Gasteiger partial charge in [-0.15, -0.1) is 0 Å². The third kappa shape index (κ3) is 3.79. The maximum absolute atomic E-state index is 15.1. The molecule has 0 bridgehead atoms. The fourth-order valence-electron chi connectivity index (χ4n) is 4.18. The van der Waals surface area contributed by atoms with Crippen LogP contribution in [0.1, 0.15) is 18.4 Å². The third-order valence-electron chi connectivity index (χ3n) is 6.17. The number of ether oxygens (including phenoxy) is 1. The van der Waals surface area contributed by atoms with E-state index >= 15 is 4.39 Å². The number of nitrogens with one attached hydrogen (secondary N) is 1. The lowest BCUT2D eigenvalue weighted by molar-refractivity contribution is -0.161. The van der Waals surface area contributed by atoms with Gasteiger partial charge in [-0.25, -0.2) is 12.8 Å². The minimum Gasteiger partial charge on any atom is -0.495 e. The third-order valence-corrected chi connectivity index (χ3v) is 7.52. The van der Waals surface area contributed by atoms with E-state index in [1.807, 2.05) is 0 Å². The van der Waals surface area contributed by atoms with Crippen molar-refractivity contribution in [1.82, 2.24) is 9.72 Å². The van der Waals surface area contributed by atoms with E-state index in [-0.39, 0.29) is 45.9 Å². The van der Waals surface area contributed by atoms with Gasteiger partial charge in [-0.2, -0.15) is 13.2 Å². The molecule has 0 spiro atoms. The summed E-state index contributed by atoms with van der Waals surface area (Å²) in [7, 11) is -2.86. The van der Waals surface area contributed by atoms with E-state index in [4.69, 9.17) is 4.74 Å². The highest BCUT2D eigenvalue weighted by Gasteiger charge is 2.65. The van der Waals surface area contributed by atoms with Gasteiger partial charge in [0.1, 0.15) is 17.8 Å². The number of hydrogen-bond donors (Lipinski definition) is 1. The van der Waals surface area contributed by atoms with Crippen molar-refractivity contribution in [3.8, 4) is 11.4 Å². The summed E-state index contributed by atoms with van der Waals surface area (Å²) in [6.45, 7) is 0. The lowest BCUT2D eigenvalue weighted by atomic mass is 9.94. The van der Waals surface area contributed by atoms with Crippen molar-refractivity contribution >= 4 is 26.7 Å². The number of aromatic nitrogens is 2. The SMILES string of the molecule is COc1cc(C2(C(F)(F)F)CC2)c(F)cc1-n1c(=O)ccc2cc(S(=O)(=O)Nc3ccon3)ccc21. The molecule has 36 heavy (non-hydrogen) atoms. The van der Waals surface area contributed by atoms with Crippen LogP contribution in [-0.2, 0) is 15.4 Å². The van der Waals surface area contributed by atoms with Gasteiger partial charge in [0, 0.05) is 29.1 Å². The second kappa shape index (κ2) is 8.08. The van der Waals surface area contributed by atoms with Crippen molar-refractivity contribution in [1.29, 1.82) is 0 Å². The predicted octanol–water partition coefficient (Wildman–Crippen LogP) is 4.52. The van der Waals surface area contributed by atoms with Crippen LogP contribution in [0, 0.1) is 5.82 Å². The zero-order chi connectivity index (χ0) is 25.9. The lowest BCUT2D eigenvalue weighted by Crippen LogP contribution is -2.30. The number of nitrogens with zero attached hydrogens (tertiary/aromatic N) is 2. The van der Waals surface area contributed by atoms with Crippen molar-refractivity contribution in [2.24, 2.45) is 0 Å². The maximum Gasteiger partial charge on any atom is 0.398 e. The van der Waals surface area contributed by atoms with E-state index in [0.717, 1.165) is 22.8 Å². The minimum absolute atomic E-state index is 0.0346. The summed E-state index contributed by atoms with van der Waals surface area (Å²) in [6.07, 6.45) is -3.94. The predicted molar refractivity (Wildman–Crippen MR) is 120 cm³/mol. The Morgan fingerprint density at radius 3 is 2.47 bits per heavy atom. The number of rotatable bonds is 6. The first kappa shape index (κ1) is 23.9. The molecule has 0 unspecified atom stereocenters. The van der Waals surface area contributed by atoms with Gasteiger partial charge in [0.2, 0.25) is 0 Å². The largest absolute Gasteiger partial charge is 0.495 e. The first-order valence-corrected chi connectivity index (χ1v) is 12.0. The van der Waals surface area contributed by atoms with E-state index in [1.54, 1.807) is 0 Å². The molecule has 1 fully saturated rings. The van der Waals surface area contributed by atoms with Crippen LogP contribution in [0.2, 0.25) is 0 Å². The molecule has 5 rings (SSSR count). The summed E-state index contributed by atoms with van der Waals surface area (Å²) >= 11 is 0. The molecule has 0 amide bonds. The fourth-order valence-corrected chi connectivity index (χ4v) is 5.21. The molecule has 2 aromatic carbocycles. The number of pyridine rings is 1. The normalized spacial score (nSPS) is 15.1.